The monoisotopic (exact) mass is 282 g/mol. The van der Waals surface area contributed by atoms with Gasteiger partial charge in [0.1, 0.15) is 0 Å². The van der Waals surface area contributed by atoms with Crippen LogP contribution in [0.1, 0.15) is 19.8 Å². The Balaban J connectivity index is 1.87. The molecule has 6 heteroatoms. The second-order valence-electron chi connectivity index (χ2n) is 6.04. The second kappa shape index (κ2) is 6.43. The van der Waals surface area contributed by atoms with Gasteiger partial charge in [0.05, 0.1) is 6.04 Å². The first-order chi connectivity index (χ1) is 9.50. The van der Waals surface area contributed by atoms with Crippen LogP contribution in [0.15, 0.2) is 0 Å². The standard InChI is InChI=1S/C14H26N4O2/c1-11-5-4-6-15-12(11)13(19)17-7-9-18(10-8-17)14(20)16(2)3/h11-12,15H,4-10H2,1-3H3. The lowest BCUT2D eigenvalue weighted by Gasteiger charge is -2.39. The van der Waals surface area contributed by atoms with Gasteiger partial charge in [-0.05, 0) is 25.3 Å². The molecule has 114 valence electrons. The van der Waals surface area contributed by atoms with Crippen molar-refractivity contribution in [1.29, 1.82) is 0 Å². The van der Waals surface area contributed by atoms with Crippen molar-refractivity contribution >= 4 is 11.9 Å². The van der Waals surface area contributed by atoms with E-state index in [4.69, 9.17) is 0 Å². The fraction of sp³-hybridized carbons (Fsp3) is 0.857. The zero-order valence-corrected chi connectivity index (χ0v) is 12.8. The zero-order valence-electron chi connectivity index (χ0n) is 12.8. The molecule has 0 aromatic heterocycles. The lowest BCUT2D eigenvalue weighted by atomic mass is 9.91. The lowest BCUT2D eigenvalue weighted by molar-refractivity contribution is -0.136. The maximum absolute atomic E-state index is 12.5. The first kappa shape index (κ1) is 15.1. The smallest absolute Gasteiger partial charge is 0.319 e. The van der Waals surface area contributed by atoms with Crippen LogP contribution in [0.5, 0.6) is 0 Å². The summed E-state index contributed by atoms with van der Waals surface area (Å²) in [5.41, 5.74) is 0. The molecule has 0 aromatic carbocycles. The molecule has 2 aliphatic rings. The van der Waals surface area contributed by atoms with E-state index >= 15 is 0 Å². The Kier molecular flexibility index (Phi) is 4.86. The van der Waals surface area contributed by atoms with Crippen LogP contribution < -0.4 is 5.32 Å². The second-order valence-corrected chi connectivity index (χ2v) is 6.04. The lowest BCUT2D eigenvalue weighted by Crippen LogP contribution is -2.58. The van der Waals surface area contributed by atoms with Crippen molar-refractivity contribution in [2.24, 2.45) is 5.92 Å². The third-order valence-electron chi connectivity index (χ3n) is 4.28. The van der Waals surface area contributed by atoms with Crippen molar-refractivity contribution in [3.8, 4) is 0 Å². The van der Waals surface area contributed by atoms with E-state index in [9.17, 15) is 9.59 Å². The highest BCUT2D eigenvalue weighted by Crippen LogP contribution is 2.18. The van der Waals surface area contributed by atoms with E-state index in [1.165, 1.54) is 0 Å². The molecule has 0 saturated carbocycles. The Labute approximate surface area is 121 Å². The van der Waals surface area contributed by atoms with Crippen molar-refractivity contribution in [2.75, 3.05) is 46.8 Å². The molecule has 0 bridgehead atoms. The number of nitrogens with zero attached hydrogens (tertiary/aromatic N) is 3. The van der Waals surface area contributed by atoms with Gasteiger partial charge in [0.25, 0.3) is 0 Å². The Bertz CT molecular complexity index is 364. The molecule has 2 fully saturated rings. The van der Waals surface area contributed by atoms with Gasteiger partial charge in [0.15, 0.2) is 0 Å². The topological polar surface area (TPSA) is 55.9 Å². The Morgan fingerprint density at radius 3 is 2.25 bits per heavy atom. The fourth-order valence-electron chi connectivity index (χ4n) is 2.98. The number of nitrogens with one attached hydrogen (secondary N) is 1. The van der Waals surface area contributed by atoms with Gasteiger partial charge in [-0.2, -0.15) is 0 Å². The maximum Gasteiger partial charge on any atom is 0.319 e. The summed E-state index contributed by atoms with van der Waals surface area (Å²) in [5.74, 6) is 0.604. The number of carbonyl (C=O) groups is 2. The number of piperazine rings is 1. The van der Waals surface area contributed by atoms with Crippen LogP contribution in [0.3, 0.4) is 0 Å². The zero-order chi connectivity index (χ0) is 14.7. The number of hydrogen-bond acceptors (Lipinski definition) is 3. The highest BCUT2D eigenvalue weighted by atomic mass is 16.2. The minimum atomic E-state index is -0.0418. The summed E-state index contributed by atoms with van der Waals surface area (Å²) < 4.78 is 0. The maximum atomic E-state index is 12.5. The van der Waals surface area contributed by atoms with Gasteiger partial charge in [0, 0.05) is 40.3 Å². The van der Waals surface area contributed by atoms with E-state index < -0.39 is 0 Å². The van der Waals surface area contributed by atoms with Gasteiger partial charge >= 0.3 is 6.03 Å². The molecule has 0 spiro atoms. The normalized spacial score (nSPS) is 27.4. The molecular weight excluding hydrogens is 256 g/mol. The predicted octanol–water partition coefficient (Wildman–Crippen LogP) is 0.200. The van der Waals surface area contributed by atoms with Gasteiger partial charge in [-0.3, -0.25) is 4.79 Å². The van der Waals surface area contributed by atoms with Crippen LogP contribution in [0.2, 0.25) is 0 Å². The molecule has 2 heterocycles. The summed E-state index contributed by atoms with van der Waals surface area (Å²) in [6, 6.07) is -0.0129. The van der Waals surface area contributed by atoms with Crippen molar-refractivity contribution in [3.63, 3.8) is 0 Å². The van der Waals surface area contributed by atoms with Crippen LogP contribution in [-0.4, -0.2) is 79.5 Å². The summed E-state index contributed by atoms with van der Waals surface area (Å²) in [5, 5.41) is 3.34. The van der Waals surface area contributed by atoms with Crippen molar-refractivity contribution in [2.45, 2.75) is 25.8 Å². The summed E-state index contributed by atoms with van der Waals surface area (Å²) in [4.78, 5) is 29.7. The molecule has 20 heavy (non-hydrogen) atoms. The van der Waals surface area contributed by atoms with E-state index in [2.05, 4.69) is 12.2 Å². The number of amides is 3. The molecule has 1 N–H and O–H groups in total. The summed E-state index contributed by atoms with van der Waals surface area (Å²) in [6.45, 7) is 5.61. The van der Waals surface area contributed by atoms with Gasteiger partial charge in [-0.15, -0.1) is 0 Å². The summed E-state index contributed by atoms with van der Waals surface area (Å²) in [7, 11) is 3.51. The molecule has 2 aliphatic heterocycles. The first-order valence-electron chi connectivity index (χ1n) is 7.49. The molecule has 0 aromatic rings. The number of urea groups is 1. The fourth-order valence-corrected chi connectivity index (χ4v) is 2.98. The average molecular weight is 282 g/mol. The summed E-state index contributed by atoms with van der Waals surface area (Å²) >= 11 is 0. The Hall–Kier alpha value is -1.30. The number of carbonyl (C=O) groups excluding carboxylic acids is 2. The molecule has 2 saturated heterocycles. The number of rotatable bonds is 1. The molecular formula is C14H26N4O2. The van der Waals surface area contributed by atoms with Crippen LogP contribution in [0, 0.1) is 5.92 Å². The third-order valence-corrected chi connectivity index (χ3v) is 4.28. The van der Waals surface area contributed by atoms with E-state index in [1.54, 1.807) is 19.0 Å². The highest BCUT2D eigenvalue weighted by molar-refractivity contribution is 5.83. The molecule has 2 rings (SSSR count). The number of hydrogen-bond donors (Lipinski definition) is 1. The van der Waals surface area contributed by atoms with E-state index in [1.807, 2.05) is 9.80 Å². The SMILES string of the molecule is CC1CCCNC1C(=O)N1CCN(C(=O)N(C)C)CC1. The minimum absolute atomic E-state index is 0.0289. The van der Waals surface area contributed by atoms with Crippen LogP contribution in [0.4, 0.5) is 4.79 Å². The predicted molar refractivity (Wildman–Crippen MR) is 77.4 cm³/mol. The largest absolute Gasteiger partial charge is 0.338 e. The van der Waals surface area contributed by atoms with Gasteiger partial charge in [0.2, 0.25) is 5.91 Å². The van der Waals surface area contributed by atoms with Gasteiger partial charge < -0.3 is 20.0 Å². The van der Waals surface area contributed by atoms with Crippen molar-refractivity contribution < 1.29 is 9.59 Å². The van der Waals surface area contributed by atoms with Crippen LogP contribution in [0.25, 0.3) is 0 Å². The third kappa shape index (κ3) is 3.23. The van der Waals surface area contributed by atoms with E-state index in [0.717, 1.165) is 19.4 Å². The van der Waals surface area contributed by atoms with E-state index in [0.29, 0.717) is 32.1 Å². The minimum Gasteiger partial charge on any atom is -0.338 e. The van der Waals surface area contributed by atoms with Crippen LogP contribution in [-0.2, 0) is 4.79 Å². The molecule has 0 aliphatic carbocycles. The molecule has 0 radical (unpaired) electrons. The van der Waals surface area contributed by atoms with Gasteiger partial charge in [-0.1, -0.05) is 6.92 Å². The van der Waals surface area contributed by atoms with Crippen molar-refractivity contribution in [3.05, 3.63) is 0 Å². The van der Waals surface area contributed by atoms with Gasteiger partial charge in [-0.25, -0.2) is 4.79 Å². The quantitative estimate of drug-likeness (QED) is 0.747. The Morgan fingerprint density at radius 2 is 1.70 bits per heavy atom. The van der Waals surface area contributed by atoms with Crippen molar-refractivity contribution in [1.82, 2.24) is 20.0 Å². The summed E-state index contributed by atoms with van der Waals surface area (Å²) in [6.07, 6.45) is 2.26. The number of piperidine rings is 1. The van der Waals surface area contributed by atoms with E-state index in [-0.39, 0.29) is 18.0 Å². The van der Waals surface area contributed by atoms with Crippen LogP contribution >= 0.6 is 0 Å². The average Bonchev–Trinajstić information content (AvgIpc) is 2.46. The molecule has 3 amide bonds. The molecule has 2 atom stereocenters. The Morgan fingerprint density at radius 1 is 1.10 bits per heavy atom. The molecule has 6 nitrogen and oxygen atoms in total. The first-order valence-corrected chi connectivity index (χ1v) is 7.49. The molecule has 2 unspecified atom stereocenters. The highest BCUT2D eigenvalue weighted by Gasteiger charge is 2.33.